The summed E-state index contributed by atoms with van der Waals surface area (Å²) in [6.45, 7) is 1.99. The summed E-state index contributed by atoms with van der Waals surface area (Å²) in [6, 6.07) is 6.12. The van der Waals surface area contributed by atoms with Crippen molar-refractivity contribution in [2.75, 3.05) is 20.1 Å². The van der Waals surface area contributed by atoms with Crippen LogP contribution in [0.5, 0.6) is 5.75 Å². The Kier molecular flexibility index (Phi) is 3.12. The summed E-state index contributed by atoms with van der Waals surface area (Å²) in [5.41, 5.74) is 0.735. The second kappa shape index (κ2) is 4.51. The lowest BCUT2D eigenvalue weighted by atomic mass is 10.1. The minimum absolute atomic E-state index is 0.310. The molecule has 18 heavy (non-hydrogen) atoms. The first-order valence-corrected chi connectivity index (χ1v) is 7.19. The number of likely N-dealkylation sites (tertiary alicyclic amines) is 1. The monoisotopic (exact) mass is 311 g/mol. The molecular weight excluding hydrogens is 294 g/mol. The van der Waals surface area contributed by atoms with Crippen molar-refractivity contribution in [1.82, 2.24) is 4.90 Å². The van der Waals surface area contributed by atoms with Crippen LogP contribution in [0.25, 0.3) is 0 Å². The zero-order chi connectivity index (χ0) is 12.8. The molecule has 0 atom stereocenters. The van der Waals surface area contributed by atoms with E-state index in [1.807, 2.05) is 6.07 Å². The Hall–Kier alpha value is -0.580. The average Bonchev–Trinajstić information content (AvgIpc) is 2.97. The molecule has 0 bridgehead atoms. The molecule has 0 spiro atoms. The highest BCUT2D eigenvalue weighted by atomic mass is 79.9. The van der Waals surface area contributed by atoms with Gasteiger partial charge in [-0.25, -0.2) is 0 Å². The minimum Gasteiger partial charge on any atom is -0.487 e. The molecule has 1 aliphatic heterocycles. The number of nitrogens with zero attached hydrogens (tertiary/aromatic N) is 1. The summed E-state index contributed by atoms with van der Waals surface area (Å²) < 4.78 is 6.89. The van der Waals surface area contributed by atoms with Gasteiger partial charge in [0.2, 0.25) is 0 Å². The van der Waals surface area contributed by atoms with E-state index in [0.29, 0.717) is 6.10 Å². The first-order chi connectivity index (χ1) is 8.54. The van der Waals surface area contributed by atoms with Crippen LogP contribution in [0.3, 0.4) is 0 Å². The first kappa shape index (κ1) is 12.5. The van der Waals surface area contributed by atoms with Crippen molar-refractivity contribution in [3.63, 3.8) is 0 Å². The van der Waals surface area contributed by atoms with Gasteiger partial charge in [-0.3, -0.25) is 4.90 Å². The van der Waals surface area contributed by atoms with Gasteiger partial charge in [0, 0.05) is 19.5 Å². The second-order valence-electron chi connectivity index (χ2n) is 5.63. The molecule has 0 amide bonds. The minimum atomic E-state index is -0.432. The Labute approximate surface area is 116 Å². The highest BCUT2D eigenvalue weighted by Gasteiger charge is 2.40. The summed E-state index contributed by atoms with van der Waals surface area (Å²) >= 11 is 3.55. The van der Waals surface area contributed by atoms with E-state index in [2.05, 4.69) is 40.0 Å². The maximum atomic E-state index is 9.91. The summed E-state index contributed by atoms with van der Waals surface area (Å²) in [5.74, 6) is 0.902. The standard InChI is InChI=1S/C14H18BrNO2/c1-16-8-11(9-16)18-13-3-2-10(6-12(13)15)7-14(17)4-5-14/h2-3,6,11,17H,4-5,7-9H2,1H3. The number of hydrogen-bond donors (Lipinski definition) is 1. The zero-order valence-electron chi connectivity index (χ0n) is 10.5. The molecule has 2 fully saturated rings. The Balaban J connectivity index is 1.65. The number of hydrogen-bond acceptors (Lipinski definition) is 3. The molecule has 1 saturated heterocycles. The highest BCUT2D eigenvalue weighted by Crippen LogP contribution is 2.39. The Bertz CT molecular complexity index is 453. The number of halogens is 1. The Morgan fingerprint density at radius 2 is 2.17 bits per heavy atom. The van der Waals surface area contributed by atoms with Crippen molar-refractivity contribution in [2.45, 2.75) is 31.0 Å². The molecule has 3 nitrogen and oxygen atoms in total. The van der Waals surface area contributed by atoms with Crippen LogP contribution in [0.2, 0.25) is 0 Å². The summed E-state index contributed by atoms with van der Waals surface area (Å²) in [7, 11) is 2.09. The molecule has 4 heteroatoms. The van der Waals surface area contributed by atoms with Crippen LogP contribution < -0.4 is 4.74 Å². The normalized spacial score (nSPS) is 22.6. The van der Waals surface area contributed by atoms with Crippen LogP contribution in [-0.4, -0.2) is 41.8 Å². The molecule has 98 valence electrons. The van der Waals surface area contributed by atoms with Gasteiger partial charge in [0.05, 0.1) is 10.1 Å². The fourth-order valence-corrected chi connectivity index (χ4v) is 2.87. The molecule has 0 aromatic heterocycles. The smallest absolute Gasteiger partial charge is 0.134 e. The van der Waals surface area contributed by atoms with Crippen molar-refractivity contribution in [3.05, 3.63) is 28.2 Å². The molecular formula is C14H18BrNO2. The molecule has 1 aromatic carbocycles. The van der Waals surface area contributed by atoms with Gasteiger partial charge in [0.25, 0.3) is 0 Å². The van der Waals surface area contributed by atoms with Crippen LogP contribution in [0.4, 0.5) is 0 Å². The molecule has 1 N–H and O–H groups in total. The molecule has 2 aliphatic rings. The molecule has 1 aliphatic carbocycles. The molecule has 3 rings (SSSR count). The maximum Gasteiger partial charge on any atom is 0.134 e. The topological polar surface area (TPSA) is 32.7 Å². The summed E-state index contributed by atoms with van der Waals surface area (Å²) in [4.78, 5) is 2.23. The van der Waals surface area contributed by atoms with Crippen LogP contribution in [-0.2, 0) is 6.42 Å². The Morgan fingerprint density at radius 1 is 1.44 bits per heavy atom. The molecule has 1 aromatic rings. The predicted octanol–water partition coefficient (Wildman–Crippen LogP) is 2.21. The van der Waals surface area contributed by atoms with Gasteiger partial charge in [0.1, 0.15) is 11.9 Å². The van der Waals surface area contributed by atoms with E-state index in [-0.39, 0.29) is 0 Å². The third-order valence-electron chi connectivity index (χ3n) is 3.68. The van der Waals surface area contributed by atoms with E-state index >= 15 is 0 Å². The summed E-state index contributed by atoms with van der Waals surface area (Å²) in [6.07, 6.45) is 2.91. The van der Waals surface area contributed by atoms with Gasteiger partial charge in [-0.15, -0.1) is 0 Å². The van der Waals surface area contributed by atoms with Crippen LogP contribution >= 0.6 is 15.9 Å². The van der Waals surface area contributed by atoms with E-state index < -0.39 is 5.60 Å². The van der Waals surface area contributed by atoms with E-state index in [1.54, 1.807) is 0 Å². The van der Waals surface area contributed by atoms with Crippen LogP contribution in [0.15, 0.2) is 22.7 Å². The van der Waals surface area contributed by atoms with Crippen LogP contribution in [0, 0.1) is 0 Å². The highest BCUT2D eigenvalue weighted by molar-refractivity contribution is 9.10. The molecule has 0 unspecified atom stereocenters. The quantitative estimate of drug-likeness (QED) is 0.925. The van der Waals surface area contributed by atoms with Gasteiger partial charge in [-0.05, 0) is 53.5 Å². The SMILES string of the molecule is CN1CC(Oc2ccc(CC3(O)CC3)cc2Br)C1. The zero-order valence-corrected chi connectivity index (χ0v) is 12.1. The van der Waals surface area contributed by atoms with Gasteiger partial charge in [0.15, 0.2) is 0 Å². The third-order valence-corrected chi connectivity index (χ3v) is 4.30. The van der Waals surface area contributed by atoms with Crippen molar-refractivity contribution in [3.8, 4) is 5.75 Å². The summed E-state index contributed by atoms with van der Waals surface area (Å²) in [5, 5.41) is 9.91. The molecule has 1 saturated carbocycles. The van der Waals surface area contributed by atoms with Gasteiger partial charge in [-0.1, -0.05) is 6.07 Å². The van der Waals surface area contributed by atoms with Crippen molar-refractivity contribution >= 4 is 15.9 Å². The van der Waals surface area contributed by atoms with Crippen molar-refractivity contribution in [2.24, 2.45) is 0 Å². The fourth-order valence-electron chi connectivity index (χ4n) is 2.35. The second-order valence-corrected chi connectivity index (χ2v) is 6.48. The largest absolute Gasteiger partial charge is 0.487 e. The molecule has 1 heterocycles. The fraction of sp³-hybridized carbons (Fsp3) is 0.571. The van der Waals surface area contributed by atoms with E-state index in [9.17, 15) is 5.11 Å². The lowest BCUT2D eigenvalue weighted by Gasteiger charge is -2.36. The predicted molar refractivity (Wildman–Crippen MR) is 73.9 cm³/mol. The van der Waals surface area contributed by atoms with E-state index in [1.165, 1.54) is 5.56 Å². The lowest BCUT2D eigenvalue weighted by molar-refractivity contribution is 0.0382. The average molecular weight is 312 g/mol. The number of rotatable bonds is 4. The number of aliphatic hydroxyl groups is 1. The van der Waals surface area contributed by atoms with E-state index in [4.69, 9.17) is 4.74 Å². The van der Waals surface area contributed by atoms with Crippen molar-refractivity contribution < 1.29 is 9.84 Å². The Morgan fingerprint density at radius 3 is 2.72 bits per heavy atom. The lowest BCUT2D eigenvalue weighted by Crippen LogP contribution is -2.51. The maximum absolute atomic E-state index is 9.91. The molecule has 0 radical (unpaired) electrons. The number of benzene rings is 1. The van der Waals surface area contributed by atoms with Gasteiger partial charge in [-0.2, -0.15) is 0 Å². The van der Waals surface area contributed by atoms with Crippen molar-refractivity contribution in [1.29, 1.82) is 0 Å². The third kappa shape index (κ3) is 2.71. The van der Waals surface area contributed by atoms with E-state index in [0.717, 1.165) is 42.6 Å². The van der Waals surface area contributed by atoms with Crippen LogP contribution in [0.1, 0.15) is 18.4 Å². The van der Waals surface area contributed by atoms with Gasteiger partial charge >= 0.3 is 0 Å². The first-order valence-electron chi connectivity index (χ1n) is 6.40. The number of likely N-dealkylation sites (N-methyl/N-ethyl adjacent to an activating group) is 1. The van der Waals surface area contributed by atoms with Gasteiger partial charge < -0.3 is 9.84 Å². The number of ether oxygens (including phenoxy) is 1.